The van der Waals surface area contributed by atoms with Gasteiger partial charge in [0.15, 0.2) is 0 Å². The molecule has 1 N–H and O–H groups in total. The van der Waals surface area contributed by atoms with E-state index in [1.807, 2.05) is 23.9 Å². The molecule has 0 unspecified atom stereocenters. The molecule has 4 heteroatoms. The summed E-state index contributed by atoms with van der Waals surface area (Å²) >= 11 is 2.02. The van der Waals surface area contributed by atoms with Crippen LogP contribution >= 0.6 is 11.8 Å². The highest BCUT2D eigenvalue weighted by Gasteiger charge is 2.27. The number of hydrogen-bond acceptors (Lipinski definition) is 4. The van der Waals surface area contributed by atoms with Crippen molar-refractivity contribution in [3.8, 4) is 0 Å². The fourth-order valence-corrected chi connectivity index (χ4v) is 3.10. The molecule has 0 saturated carbocycles. The van der Waals surface area contributed by atoms with Crippen LogP contribution in [0.4, 0.5) is 5.69 Å². The molecule has 88 valence electrons. The van der Waals surface area contributed by atoms with Crippen LogP contribution < -0.4 is 4.90 Å². The van der Waals surface area contributed by atoms with E-state index in [0.29, 0.717) is 4.75 Å². The van der Waals surface area contributed by atoms with Gasteiger partial charge in [-0.05, 0) is 26.0 Å². The van der Waals surface area contributed by atoms with Crippen molar-refractivity contribution in [1.29, 1.82) is 0 Å². The second-order valence-electron chi connectivity index (χ2n) is 4.69. The second-order valence-corrected chi connectivity index (χ2v) is 6.50. The minimum absolute atomic E-state index is 0.0137. The van der Waals surface area contributed by atoms with Crippen LogP contribution in [0.3, 0.4) is 0 Å². The van der Waals surface area contributed by atoms with Gasteiger partial charge in [0, 0.05) is 35.5 Å². The van der Waals surface area contributed by atoms with Crippen molar-refractivity contribution in [2.24, 2.45) is 0 Å². The number of aliphatic hydroxyl groups excluding tert-OH is 1. The molecular formula is C12H18N2OS. The quantitative estimate of drug-likeness (QED) is 0.854. The van der Waals surface area contributed by atoms with E-state index in [1.54, 1.807) is 6.20 Å². The fraction of sp³-hybridized carbons (Fsp3) is 0.583. The molecule has 1 aliphatic heterocycles. The van der Waals surface area contributed by atoms with Gasteiger partial charge < -0.3 is 10.0 Å². The molecule has 3 nitrogen and oxygen atoms in total. The molecule has 1 saturated heterocycles. The van der Waals surface area contributed by atoms with E-state index < -0.39 is 0 Å². The summed E-state index contributed by atoms with van der Waals surface area (Å²) < 4.78 is 0.306. The maximum Gasteiger partial charge on any atom is 0.0853 e. The van der Waals surface area contributed by atoms with Crippen LogP contribution in [0.25, 0.3) is 0 Å². The average molecular weight is 238 g/mol. The molecule has 1 aromatic rings. The minimum Gasteiger partial charge on any atom is -0.390 e. The van der Waals surface area contributed by atoms with Gasteiger partial charge in [0.2, 0.25) is 0 Å². The highest BCUT2D eigenvalue weighted by molar-refractivity contribution is 8.00. The Bertz CT molecular complexity index is 368. The van der Waals surface area contributed by atoms with E-state index >= 15 is 0 Å². The van der Waals surface area contributed by atoms with E-state index in [1.165, 1.54) is 5.69 Å². The SMILES string of the molecule is CC1(C)CN(c2ccnc(CO)c2)CCS1. The molecule has 1 aromatic heterocycles. The summed E-state index contributed by atoms with van der Waals surface area (Å²) in [5.41, 5.74) is 1.92. The summed E-state index contributed by atoms with van der Waals surface area (Å²) in [7, 11) is 0. The van der Waals surface area contributed by atoms with Crippen LogP contribution in [-0.2, 0) is 6.61 Å². The van der Waals surface area contributed by atoms with Gasteiger partial charge in [0.25, 0.3) is 0 Å². The summed E-state index contributed by atoms with van der Waals surface area (Å²) in [4.78, 5) is 6.48. The van der Waals surface area contributed by atoms with Crippen molar-refractivity contribution in [3.05, 3.63) is 24.0 Å². The van der Waals surface area contributed by atoms with Gasteiger partial charge in [-0.2, -0.15) is 11.8 Å². The molecule has 0 aromatic carbocycles. The molecule has 16 heavy (non-hydrogen) atoms. The lowest BCUT2D eigenvalue weighted by atomic mass is 10.1. The fourth-order valence-electron chi connectivity index (χ4n) is 1.99. The Labute approximate surface area is 101 Å². The molecule has 2 rings (SSSR count). The Balaban J connectivity index is 2.16. The Kier molecular flexibility index (Phi) is 3.40. The molecular weight excluding hydrogens is 220 g/mol. The van der Waals surface area contributed by atoms with Crippen molar-refractivity contribution in [2.45, 2.75) is 25.2 Å². The third-order valence-corrected chi connectivity index (χ3v) is 4.05. The van der Waals surface area contributed by atoms with E-state index in [9.17, 15) is 0 Å². The predicted octanol–water partition coefficient (Wildman–Crippen LogP) is 1.91. The Morgan fingerprint density at radius 3 is 3.06 bits per heavy atom. The number of rotatable bonds is 2. The third kappa shape index (κ3) is 2.68. The van der Waals surface area contributed by atoms with Crippen LogP contribution in [0.5, 0.6) is 0 Å². The minimum atomic E-state index is 0.0137. The van der Waals surface area contributed by atoms with Gasteiger partial charge in [-0.1, -0.05) is 0 Å². The zero-order valence-electron chi connectivity index (χ0n) is 9.81. The summed E-state index contributed by atoms with van der Waals surface area (Å²) in [6, 6.07) is 4.00. The number of hydrogen-bond donors (Lipinski definition) is 1. The predicted molar refractivity (Wildman–Crippen MR) is 68.9 cm³/mol. The molecule has 0 atom stereocenters. The van der Waals surface area contributed by atoms with Gasteiger partial charge in [-0.15, -0.1) is 0 Å². The highest BCUT2D eigenvalue weighted by atomic mass is 32.2. The lowest BCUT2D eigenvalue weighted by Gasteiger charge is -2.39. The Morgan fingerprint density at radius 1 is 1.56 bits per heavy atom. The van der Waals surface area contributed by atoms with E-state index in [0.717, 1.165) is 24.5 Å². The third-order valence-electron chi connectivity index (χ3n) is 2.75. The van der Waals surface area contributed by atoms with E-state index in [4.69, 9.17) is 5.11 Å². The van der Waals surface area contributed by atoms with Gasteiger partial charge >= 0.3 is 0 Å². The van der Waals surface area contributed by atoms with Crippen LogP contribution in [-0.4, -0.2) is 33.7 Å². The standard InChI is InChI=1S/C12H18N2OS/c1-12(2)9-14(5-6-16-12)11-3-4-13-10(7-11)8-15/h3-4,7,15H,5-6,8-9H2,1-2H3. The normalized spacial score (nSPS) is 19.8. The number of aliphatic hydroxyl groups is 1. The Morgan fingerprint density at radius 2 is 2.38 bits per heavy atom. The first-order valence-electron chi connectivity index (χ1n) is 5.55. The van der Waals surface area contributed by atoms with Gasteiger partial charge in [0.05, 0.1) is 12.3 Å². The first kappa shape index (κ1) is 11.7. The van der Waals surface area contributed by atoms with E-state index in [2.05, 4.69) is 23.7 Å². The maximum atomic E-state index is 9.08. The molecule has 0 bridgehead atoms. The van der Waals surface area contributed by atoms with Gasteiger partial charge in [-0.25, -0.2) is 0 Å². The van der Waals surface area contributed by atoms with Crippen molar-refractivity contribution >= 4 is 17.4 Å². The number of nitrogens with zero attached hydrogens (tertiary/aromatic N) is 2. The zero-order valence-corrected chi connectivity index (χ0v) is 10.6. The summed E-state index contributed by atoms with van der Waals surface area (Å²) in [6.45, 7) is 6.69. The summed E-state index contributed by atoms with van der Waals surface area (Å²) in [6.07, 6.45) is 1.77. The van der Waals surface area contributed by atoms with Crippen molar-refractivity contribution < 1.29 is 5.11 Å². The highest BCUT2D eigenvalue weighted by Crippen LogP contribution is 2.32. The first-order chi connectivity index (χ1) is 7.61. The smallest absolute Gasteiger partial charge is 0.0853 e. The molecule has 0 radical (unpaired) electrons. The lowest BCUT2D eigenvalue weighted by molar-refractivity contribution is 0.277. The van der Waals surface area contributed by atoms with Crippen molar-refractivity contribution in [1.82, 2.24) is 4.98 Å². The molecule has 0 aliphatic carbocycles. The first-order valence-corrected chi connectivity index (χ1v) is 6.54. The lowest BCUT2D eigenvalue weighted by Crippen LogP contribution is -2.43. The zero-order chi connectivity index (χ0) is 11.6. The Hall–Kier alpha value is -0.740. The summed E-state index contributed by atoms with van der Waals surface area (Å²) in [5.74, 6) is 1.16. The average Bonchev–Trinajstić information content (AvgIpc) is 2.28. The largest absolute Gasteiger partial charge is 0.390 e. The molecule has 1 fully saturated rings. The van der Waals surface area contributed by atoms with Gasteiger partial charge in [0.1, 0.15) is 0 Å². The molecule has 0 amide bonds. The number of aromatic nitrogens is 1. The number of anilines is 1. The number of pyridine rings is 1. The van der Waals surface area contributed by atoms with Crippen LogP contribution in [0.15, 0.2) is 18.3 Å². The topological polar surface area (TPSA) is 36.4 Å². The van der Waals surface area contributed by atoms with Crippen LogP contribution in [0.1, 0.15) is 19.5 Å². The van der Waals surface area contributed by atoms with Gasteiger partial charge in [-0.3, -0.25) is 4.98 Å². The van der Waals surface area contributed by atoms with E-state index in [-0.39, 0.29) is 6.61 Å². The molecule has 2 heterocycles. The van der Waals surface area contributed by atoms with Crippen LogP contribution in [0, 0.1) is 0 Å². The van der Waals surface area contributed by atoms with Crippen molar-refractivity contribution in [3.63, 3.8) is 0 Å². The maximum absolute atomic E-state index is 9.08. The monoisotopic (exact) mass is 238 g/mol. The number of thioether (sulfide) groups is 1. The molecule has 1 aliphatic rings. The van der Waals surface area contributed by atoms with Crippen LogP contribution in [0.2, 0.25) is 0 Å². The van der Waals surface area contributed by atoms with Crippen molar-refractivity contribution in [2.75, 3.05) is 23.7 Å². The molecule has 0 spiro atoms. The second kappa shape index (κ2) is 4.63. The summed E-state index contributed by atoms with van der Waals surface area (Å²) in [5, 5.41) is 9.08.